The minimum atomic E-state index is -1.04. The van der Waals surface area contributed by atoms with Crippen LogP contribution in [0.3, 0.4) is 0 Å². The van der Waals surface area contributed by atoms with E-state index in [-0.39, 0.29) is 11.3 Å². The Balaban J connectivity index is 2.29. The van der Waals surface area contributed by atoms with Gasteiger partial charge in [-0.05, 0) is 28.7 Å². The quantitative estimate of drug-likeness (QED) is 0.664. The summed E-state index contributed by atoms with van der Waals surface area (Å²) in [5.41, 5.74) is 0.792. The number of aromatic nitrogens is 2. The number of hydrogen-bond acceptors (Lipinski definition) is 5. The topological polar surface area (TPSA) is 70.1 Å². The highest BCUT2D eigenvalue weighted by Gasteiger charge is 2.32. The summed E-state index contributed by atoms with van der Waals surface area (Å²) in [4.78, 5) is 9.05. The number of rotatable bonds is 5. The largest absolute Gasteiger partial charge is 0.611 e. The van der Waals surface area contributed by atoms with E-state index in [1.807, 2.05) is 0 Å². The van der Waals surface area contributed by atoms with Gasteiger partial charge in [0.2, 0.25) is 10.2 Å². The lowest BCUT2D eigenvalue weighted by Crippen LogP contribution is -2.31. The van der Waals surface area contributed by atoms with Crippen LogP contribution in [-0.4, -0.2) is 40.0 Å². The third-order valence-corrected chi connectivity index (χ3v) is 4.76. The van der Waals surface area contributed by atoms with Gasteiger partial charge in [-0.15, -0.1) is 0 Å². The third-order valence-electron chi connectivity index (χ3n) is 3.13. The molecule has 1 N–H and O–H groups in total. The molecule has 0 saturated carbocycles. The molecule has 7 heteroatoms. The van der Waals surface area contributed by atoms with E-state index in [4.69, 9.17) is 16.3 Å². The lowest BCUT2D eigenvalue weighted by molar-refractivity contribution is 0.171. The van der Waals surface area contributed by atoms with Gasteiger partial charge in [-0.2, -0.15) is 4.98 Å². The molecule has 2 heterocycles. The van der Waals surface area contributed by atoms with Crippen molar-refractivity contribution in [3.05, 3.63) is 11.0 Å². The molecule has 0 bridgehead atoms. The molecule has 2 atom stereocenters. The van der Waals surface area contributed by atoms with Crippen LogP contribution in [0.1, 0.15) is 19.5 Å². The molecule has 2 unspecified atom stereocenters. The average Bonchev–Trinajstić information content (AvgIpc) is 2.70. The van der Waals surface area contributed by atoms with Crippen LogP contribution < -0.4 is 5.32 Å². The van der Waals surface area contributed by atoms with Crippen molar-refractivity contribution in [2.24, 2.45) is 5.92 Å². The highest BCUT2D eigenvalue weighted by atomic mass is 35.5. The van der Waals surface area contributed by atoms with Gasteiger partial charge in [0, 0.05) is 13.5 Å². The summed E-state index contributed by atoms with van der Waals surface area (Å²) in [6, 6.07) is 0.0951. The van der Waals surface area contributed by atoms with Crippen LogP contribution in [0.15, 0.2) is 4.90 Å². The lowest BCUT2D eigenvalue weighted by atomic mass is 10.1. The van der Waals surface area contributed by atoms with Crippen LogP contribution in [0, 0.1) is 5.92 Å². The van der Waals surface area contributed by atoms with Crippen molar-refractivity contribution in [3.63, 3.8) is 0 Å². The zero-order valence-electron chi connectivity index (χ0n) is 11.3. The standard InChI is InChI=1S/C12H18ClN3O2S/c1-7(2)9(6-18-3)14-11-10-8(4-5-19(10)17)15-12(13)16-11/h7,9H,4-6H2,1-3H3,(H,14,15,16). The number of nitrogens with one attached hydrogen (secondary N) is 1. The Hall–Kier alpha value is -0.560. The minimum Gasteiger partial charge on any atom is -0.611 e. The second-order valence-corrected chi connectivity index (χ2v) is 6.71. The summed E-state index contributed by atoms with van der Waals surface area (Å²) in [6.45, 7) is 4.74. The highest BCUT2D eigenvalue weighted by Crippen LogP contribution is 2.32. The van der Waals surface area contributed by atoms with E-state index in [1.165, 1.54) is 0 Å². The van der Waals surface area contributed by atoms with Gasteiger partial charge in [0.05, 0.1) is 12.6 Å². The Bertz CT molecular complexity index is 459. The molecular formula is C12H18ClN3O2S. The lowest BCUT2D eigenvalue weighted by Gasteiger charge is -2.23. The van der Waals surface area contributed by atoms with Crippen LogP contribution in [0.5, 0.6) is 0 Å². The fourth-order valence-corrected chi connectivity index (χ4v) is 3.52. The SMILES string of the molecule is COCC(Nc1nc(Cl)nc2c1[S+]([O-])CC2)C(C)C. The first-order valence-electron chi connectivity index (χ1n) is 6.23. The van der Waals surface area contributed by atoms with Crippen molar-refractivity contribution in [1.29, 1.82) is 0 Å². The molecule has 0 spiro atoms. The summed E-state index contributed by atoms with van der Waals surface area (Å²) in [7, 11) is 1.66. The van der Waals surface area contributed by atoms with Crippen LogP contribution in [-0.2, 0) is 22.3 Å². The van der Waals surface area contributed by atoms with Crippen molar-refractivity contribution in [2.75, 3.05) is 24.8 Å². The Morgan fingerprint density at radius 1 is 1.47 bits per heavy atom. The van der Waals surface area contributed by atoms with Gasteiger partial charge >= 0.3 is 0 Å². The molecule has 0 saturated heterocycles. The van der Waals surface area contributed by atoms with E-state index >= 15 is 0 Å². The zero-order chi connectivity index (χ0) is 14.0. The summed E-state index contributed by atoms with van der Waals surface area (Å²) in [5, 5.41) is 3.49. The first-order valence-corrected chi connectivity index (χ1v) is 7.93. The number of halogens is 1. The minimum absolute atomic E-state index is 0.0951. The van der Waals surface area contributed by atoms with Gasteiger partial charge in [0.1, 0.15) is 11.4 Å². The van der Waals surface area contributed by atoms with E-state index in [9.17, 15) is 4.55 Å². The molecule has 19 heavy (non-hydrogen) atoms. The molecule has 0 aromatic carbocycles. The van der Waals surface area contributed by atoms with Crippen molar-refractivity contribution >= 4 is 28.6 Å². The first-order chi connectivity index (χ1) is 9.02. The molecule has 1 aromatic heterocycles. The highest BCUT2D eigenvalue weighted by molar-refractivity contribution is 7.91. The Kier molecular flexibility index (Phi) is 4.89. The van der Waals surface area contributed by atoms with Gasteiger partial charge in [-0.3, -0.25) is 0 Å². The van der Waals surface area contributed by atoms with E-state index in [0.29, 0.717) is 35.4 Å². The van der Waals surface area contributed by atoms with Crippen LogP contribution >= 0.6 is 11.6 Å². The first kappa shape index (κ1) is 14.8. The van der Waals surface area contributed by atoms with Crippen molar-refractivity contribution in [1.82, 2.24) is 9.97 Å². The molecule has 106 valence electrons. The molecule has 1 aliphatic rings. The maximum atomic E-state index is 12.0. The van der Waals surface area contributed by atoms with Crippen LogP contribution in [0.2, 0.25) is 5.28 Å². The van der Waals surface area contributed by atoms with E-state index in [1.54, 1.807) is 7.11 Å². The number of anilines is 1. The molecular weight excluding hydrogens is 286 g/mol. The molecule has 0 amide bonds. The van der Waals surface area contributed by atoms with Gasteiger partial charge in [0.15, 0.2) is 5.82 Å². The predicted molar refractivity (Wildman–Crippen MR) is 76.1 cm³/mol. The van der Waals surface area contributed by atoms with Gasteiger partial charge in [-0.25, -0.2) is 4.98 Å². The fraction of sp³-hybridized carbons (Fsp3) is 0.667. The molecule has 0 fully saturated rings. The molecule has 0 aliphatic carbocycles. The van der Waals surface area contributed by atoms with Gasteiger partial charge < -0.3 is 14.6 Å². The average molecular weight is 304 g/mol. The number of methoxy groups -OCH3 is 1. The normalized spacial score (nSPS) is 19.6. The molecule has 1 aliphatic heterocycles. The van der Waals surface area contributed by atoms with Gasteiger partial charge in [0.25, 0.3) is 0 Å². The van der Waals surface area contributed by atoms with E-state index in [0.717, 1.165) is 5.69 Å². The zero-order valence-corrected chi connectivity index (χ0v) is 12.8. The summed E-state index contributed by atoms with van der Waals surface area (Å²) < 4.78 is 17.2. The Labute approximate surface area is 121 Å². The summed E-state index contributed by atoms with van der Waals surface area (Å²) >= 11 is 4.89. The number of ether oxygens (including phenoxy) is 1. The monoisotopic (exact) mass is 303 g/mol. The Morgan fingerprint density at radius 3 is 2.84 bits per heavy atom. The number of aryl methyl sites for hydroxylation is 1. The summed E-state index contributed by atoms with van der Waals surface area (Å²) in [6.07, 6.45) is 0.690. The molecule has 0 radical (unpaired) electrons. The predicted octanol–water partition coefficient (Wildman–Crippen LogP) is 1.88. The maximum absolute atomic E-state index is 12.0. The van der Waals surface area contributed by atoms with E-state index < -0.39 is 11.2 Å². The third kappa shape index (κ3) is 3.31. The maximum Gasteiger partial charge on any atom is 0.224 e. The Morgan fingerprint density at radius 2 is 2.21 bits per heavy atom. The second-order valence-electron chi connectivity index (χ2n) is 4.87. The van der Waals surface area contributed by atoms with Crippen molar-refractivity contribution in [2.45, 2.75) is 31.2 Å². The summed E-state index contributed by atoms with van der Waals surface area (Å²) in [5.74, 6) is 1.54. The fourth-order valence-electron chi connectivity index (χ4n) is 2.02. The molecule has 5 nitrogen and oxygen atoms in total. The smallest absolute Gasteiger partial charge is 0.224 e. The van der Waals surface area contributed by atoms with Gasteiger partial charge in [-0.1, -0.05) is 13.8 Å². The second kappa shape index (κ2) is 6.26. The van der Waals surface area contributed by atoms with Crippen LogP contribution in [0.4, 0.5) is 5.82 Å². The number of fused-ring (bicyclic) bond motifs is 1. The number of nitrogens with zero attached hydrogens (tertiary/aromatic N) is 2. The van der Waals surface area contributed by atoms with E-state index in [2.05, 4.69) is 29.1 Å². The van der Waals surface area contributed by atoms with Crippen molar-refractivity contribution in [3.8, 4) is 0 Å². The van der Waals surface area contributed by atoms with Crippen molar-refractivity contribution < 1.29 is 9.29 Å². The number of hydrogen-bond donors (Lipinski definition) is 1. The van der Waals surface area contributed by atoms with Crippen LogP contribution in [0.25, 0.3) is 0 Å². The molecule has 2 rings (SSSR count). The molecule has 1 aromatic rings.